The van der Waals surface area contributed by atoms with Crippen molar-refractivity contribution in [3.8, 4) is 5.75 Å². The molecule has 1 fully saturated rings. The van der Waals surface area contributed by atoms with Gasteiger partial charge >= 0.3 is 5.97 Å². The fourth-order valence-corrected chi connectivity index (χ4v) is 4.30. The van der Waals surface area contributed by atoms with Crippen LogP contribution in [0.15, 0.2) is 82.7 Å². The van der Waals surface area contributed by atoms with Crippen LogP contribution in [0, 0.1) is 10.1 Å². The van der Waals surface area contributed by atoms with Crippen molar-refractivity contribution in [2.75, 3.05) is 7.05 Å². The van der Waals surface area contributed by atoms with Crippen LogP contribution in [-0.2, 0) is 22.6 Å². The number of non-ortho nitro benzene ring substituents is 1. The van der Waals surface area contributed by atoms with Crippen LogP contribution in [0.2, 0.25) is 0 Å². The van der Waals surface area contributed by atoms with Crippen molar-refractivity contribution < 1.29 is 24.4 Å². The molecule has 3 aromatic carbocycles. The minimum atomic E-state index is -0.899. The van der Waals surface area contributed by atoms with E-state index in [2.05, 4.69) is 4.99 Å². The molecule has 0 radical (unpaired) electrons. The van der Waals surface area contributed by atoms with Crippen LogP contribution in [-0.4, -0.2) is 39.0 Å². The van der Waals surface area contributed by atoms with Gasteiger partial charge in [-0.2, -0.15) is 0 Å². The molecule has 1 aliphatic rings. The number of amidine groups is 1. The normalized spacial score (nSPS) is 15.5. The van der Waals surface area contributed by atoms with Gasteiger partial charge < -0.3 is 9.84 Å². The van der Waals surface area contributed by atoms with Gasteiger partial charge in [0.05, 0.1) is 21.9 Å². The summed E-state index contributed by atoms with van der Waals surface area (Å²) in [5.74, 6) is -0.434. The number of nitrogens with zero attached hydrogens (tertiary/aromatic N) is 3. The minimum absolute atomic E-state index is 0.0305. The molecule has 1 saturated heterocycles. The molecule has 0 aliphatic carbocycles. The molecule has 10 heteroatoms. The largest absolute Gasteiger partial charge is 0.489 e. The maximum Gasteiger partial charge on any atom is 0.307 e. The molecule has 0 spiro atoms. The predicted molar refractivity (Wildman–Crippen MR) is 137 cm³/mol. The lowest BCUT2D eigenvalue weighted by Gasteiger charge is -2.07. The lowest BCUT2D eigenvalue weighted by Crippen LogP contribution is -2.23. The Hall–Kier alpha value is -4.44. The first-order valence-corrected chi connectivity index (χ1v) is 11.6. The Morgan fingerprint density at radius 1 is 1.06 bits per heavy atom. The van der Waals surface area contributed by atoms with E-state index in [1.54, 1.807) is 61.7 Å². The monoisotopic (exact) mass is 503 g/mol. The van der Waals surface area contributed by atoms with E-state index in [4.69, 9.17) is 9.84 Å². The second kappa shape index (κ2) is 10.9. The average molecular weight is 504 g/mol. The van der Waals surface area contributed by atoms with Crippen LogP contribution in [0.25, 0.3) is 6.08 Å². The maximum absolute atomic E-state index is 12.7. The van der Waals surface area contributed by atoms with E-state index in [0.29, 0.717) is 27.1 Å². The Morgan fingerprint density at radius 3 is 2.31 bits per heavy atom. The van der Waals surface area contributed by atoms with Crippen molar-refractivity contribution in [1.29, 1.82) is 0 Å². The van der Waals surface area contributed by atoms with Crippen molar-refractivity contribution in [1.82, 2.24) is 4.90 Å². The van der Waals surface area contributed by atoms with Gasteiger partial charge in [0.1, 0.15) is 12.4 Å². The molecule has 36 heavy (non-hydrogen) atoms. The number of nitro groups is 1. The van der Waals surface area contributed by atoms with Gasteiger partial charge in [0, 0.05) is 19.2 Å². The Bertz CT molecular complexity index is 1350. The van der Waals surface area contributed by atoms with Crippen LogP contribution < -0.4 is 4.74 Å². The third-order valence-corrected chi connectivity index (χ3v) is 6.31. The van der Waals surface area contributed by atoms with Crippen molar-refractivity contribution in [3.63, 3.8) is 0 Å². The number of carbonyl (C=O) groups is 2. The lowest BCUT2D eigenvalue weighted by atomic mass is 10.1. The number of likely N-dealkylation sites (N-methyl/N-ethyl adjacent to an activating group) is 1. The molecule has 1 N–H and O–H groups in total. The Kier molecular flexibility index (Phi) is 7.45. The van der Waals surface area contributed by atoms with Crippen LogP contribution in [0.4, 0.5) is 11.4 Å². The van der Waals surface area contributed by atoms with Crippen molar-refractivity contribution in [3.05, 3.63) is 105 Å². The van der Waals surface area contributed by atoms with E-state index >= 15 is 0 Å². The fraction of sp³-hybridized carbons (Fsp3) is 0.115. The summed E-state index contributed by atoms with van der Waals surface area (Å²) in [5, 5.41) is 20.2. The number of aliphatic carboxylic acids is 1. The Labute approximate surface area is 210 Å². The van der Waals surface area contributed by atoms with E-state index in [9.17, 15) is 19.7 Å². The van der Waals surface area contributed by atoms with Gasteiger partial charge in [-0.05, 0) is 70.9 Å². The molecule has 182 valence electrons. The number of aliphatic imine (C=N–C) groups is 1. The molecule has 1 heterocycles. The van der Waals surface area contributed by atoms with Gasteiger partial charge in [0.2, 0.25) is 0 Å². The third-order valence-electron chi connectivity index (χ3n) is 5.25. The number of hydrogen-bond acceptors (Lipinski definition) is 7. The van der Waals surface area contributed by atoms with E-state index in [-0.39, 0.29) is 24.6 Å². The first-order chi connectivity index (χ1) is 17.3. The molecule has 0 atom stereocenters. The highest BCUT2D eigenvalue weighted by molar-refractivity contribution is 8.18. The molecule has 0 saturated carbocycles. The summed E-state index contributed by atoms with van der Waals surface area (Å²) >= 11 is 1.26. The van der Waals surface area contributed by atoms with E-state index < -0.39 is 10.9 Å². The number of carbonyl (C=O) groups excluding carboxylic acids is 1. The highest BCUT2D eigenvalue weighted by atomic mass is 32.2. The van der Waals surface area contributed by atoms with Crippen LogP contribution in [0.5, 0.6) is 5.75 Å². The number of amides is 1. The summed E-state index contributed by atoms with van der Waals surface area (Å²) in [7, 11) is 1.66. The number of nitro benzene ring substituents is 1. The number of carboxylic acids is 1. The first kappa shape index (κ1) is 24.7. The van der Waals surface area contributed by atoms with Crippen LogP contribution in [0.3, 0.4) is 0 Å². The summed E-state index contributed by atoms with van der Waals surface area (Å²) in [6, 6.07) is 20.3. The highest BCUT2D eigenvalue weighted by Gasteiger charge is 2.30. The molecule has 0 bridgehead atoms. The smallest absolute Gasteiger partial charge is 0.307 e. The second-order valence-corrected chi connectivity index (χ2v) is 8.90. The van der Waals surface area contributed by atoms with Crippen LogP contribution in [0.1, 0.15) is 16.7 Å². The first-order valence-electron chi connectivity index (χ1n) is 10.8. The topological polar surface area (TPSA) is 122 Å². The zero-order valence-corrected chi connectivity index (χ0v) is 20.0. The number of carboxylic acid groups (broad SMARTS) is 1. The van der Waals surface area contributed by atoms with Gasteiger partial charge in [-0.3, -0.25) is 24.6 Å². The summed E-state index contributed by atoms with van der Waals surface area (Å²) in [6.45, 7) is 0.272. The van der Waals surface area contributed by atoms with Gasteiger partial charge in [-0.15, -0.1) is 0 Å². The Balaban J connectivity index is 1.39. The minimum Gasteiger partial charge on any atom is -0.489 e. The quantitative estimate of drug-likeness (QED) is 0.260. The molecule has 1 amide bonds. The molecular formula is C26H21N3O6S. The van der Waals surface area contributed by atoms with Crippen molar-refractivity contribution in [2.24, 2.45) is 4.99 Å². The highest BCUT2D eigenvalue weighted by Crippen LogP contribution is 2.33. The zero-order valence-electron chi connectivity index (χ0n) is 19.2. The summed E-state index contributed by atoms with van der Waals surface area (Å²) in [4.78, 5) is 40.4. The number of benzene rings is 3. The van der Waals surface area contributed by atoms with E-state index in [1.165, 1.54) is 28.8 Å². The number of hydrogen-bond donors (Lipinski definition) is 1. The summed E-state index contributed by atoms with van der Waals surface area (Å²) in [6.07, 6.45) is 1.72. The van der Waals surface area contributed by atoms with E-state index in [1.807, 2.05) is 12.1 Å². The predicted octanol–water partition coefficient (Wildman–Crippen LogP) is 5.03. The van der Waals surface area contributed by atoms with E-state index in [0.717, 1.165) is 11.1 Å². The summed E-state index contributed by atoms with van der Waals surface area (Å²) < 4.78 is 5.75. The van der Waals surface area contributed by atoms with Crippen LogP contribution >= 0.6 is 11.8 Å². The molecule has 3 aromatic rings. The molecule has 0 unspecified atom stereocenters. The number of ether oxygens (including phenoxy) is 1. The molecule has 9 nitrogen and oxygen atoms in total. The SMILES string of the molecule is CN1C(=O)/C(=C/c2ccc(OCc3ccc([N+](=O)[O-])cc3)cc2)SC1=Nc1ccc(CC(=O)O)cc1. The molecule has 4 rings (SSSR count). The Morgan fingerprint density at radius 2 is 1.69 bits per heavy atom. The van der Waals surface area contributed by atoms with Crippen molar-refractivity contribution >= 4 is 46.3 Å². The van der Waals surface area contributed by atoms with Gasteiger partial charge in [0.15, 0.2) is 5.17 Å². The maximum atomic E-state index is 12.7. The zero-order chi connectivity index (χ0) is 25.7. The second-order valence-electron chi connectivity index (χ2n) is 7.89. The molecular weight excluding hydrogens is 482 g/mol. The molecule has 1 aliphatic heterocycles. The molecule has 0 aromatic heterocycles. The third kappa shape index (κ3) is 6.16. The van der Waals surface area contributed by atoms with Gasteiger partial charge in [-0.1, -0.05) is 24.3 Å². The summed E-state index contributed by atoms with van der Waals surface area (Å²) in [5.41, 5.74) is 2.97. The number of rotatable bonds is 8. The lowest BCUT2D eigenvalue weighted by molar-refractivity contribution is -0.384. The standard InChI is InChI=1S/C26H21N3O6S/c1-28-25(32)23(36-26(28)27-20-8-2-18(3-9-20)15-24(30)31)14-17-6-12-22(13-7-17)35-16-19-4-10-21(11-5-19)29(33)34/h2-14H,15-16H2,1H3,(H,30,31)/b23-14-,27-26?. The number of thioether (sulfide) groups is 1. The average Bonchev–Trinajstić information content (AvgIpc) is 3.12. The van der Waals surface area contributed by atoms with Gasteiger partial charge in [0.25, 0.3) is 11.6 Å². The van der Waals surface area contributed by atoms with Crippen molar-refractivity contribution in [2.45, 2.75) is 13.0 Å². The fourth-order valence-electron chi connectivity index (χ4n) is 3.32. The van der Waals surface area contributed by atoms with Gasteiger partial charge in [-0.25, -0.2) is 4.99 Å².